The Labute approximate surface area is 96.6 Å². The molecule has 4 heteroatoms. The Bertz CT molecular complexity index is 245. The van der Waals surface area contributed by atoms with E-state index in [0.29, 0.717) is 17.7 Å². The van der Waals surface area contributed by atoms with Crippen molar-refractivity contribution in [2.24, 2.45) is 11.8 Å². The summed E-state index contributed by atoms with van der Waals surface area (Å²) in [6, 6.07) is 0.581. The fourth-order valence-electron chi connectivity index (χ4n) is 2.88. The molecule has 2 rings (SSSR count). The lowest BCUT2D eigenvalue weighted by Crippen LogP contribution is -2.45. The predicted molar refractivity (Wildman–Crippen MR) is 64.7 cm³/mol. The molecule has 4 atom stereocenters. The highest BCUT2D eigenvalue weighted by molar-refractivity contribution is 7.80. The van der Waals surface area contributed by atoms with E-state index in [-0.39, 0.29) is 6.10 Å². The van der Waals surface area contributed by atoms with Gasteiger partial charge in [0.15, 0.2) is 5.11 Å². The van der Waals surface area contributed by atoms with E-state index in [4.69, 9.17) is 17.3 Å². The zero-order chi connectivity index (χ0) is 10.8. The fraction of sp³-hybridized carbons (Fsp3) is 0.909. The third-order valence-corrected chi connectivity index (χ3v) is 3.87. The quantitative estimate of drug-likeness (QED) is 0.631. The molecule has 2 bridgehead atoms. The average molecular weight is 228 g/mol. The molecule has 0 aromatic rings. The van der Waals surface area contributed by atoms with Gasteiger partial charge in [-0.05, 0) is 50.2 Å². The third kappa shape index (κ3) is 2.82. The van der Waals surface area contributed by atoms with E-state index in [1.807, 2.05) is 0 Å². The van der Waals surface area contributed by atoms with Gasteiger partial charge in [0.2, 0.25) is 0 Å². The average Bonchev–Trinajstić information content (AvgIpc) is 2.76. The zero-order valence-corrected chi connectivity index (χ0v) is 10.0. The first-order valence-corrected chi connectivity index (χ1v) is 6.28. The van der Waals surface area contributed by atoms with Crippen LogP contribution in [0.4, 0.5) is 0 Å². The molecule has 2 aliphatic carbocycles. The summed E-state index contributed by atoms with van der Waals surface area (Å²) in [5, 5.41) is 16.2. The zero-order valence-electron chi connectivity index (χ0n) is 9.20. The number of hydrogen-bond acceptors (Lipinski definition) is 2. The van der Waals surface area contributed by atoms with Crippen molar-refractivity contribution in [3.05, 3.63) is 0 Å². The topological polar surface area (TPSA) is 44.3 Å². The van der Waals surface area contributed by atoms with E-state index in [0.717, 1.165) is 11.8 Å². The molecular weight excluding hydrogens is 208 g/mol. The Balaban J connectivity index is 1.71. The van der Waals surface area contributed by atoms with Gasteiger partial charge in [0.1, 0.15) is 0 Å². The summed E-state index contributed by atoms with van der Waals surface area (Å²) in [6.07, 6.45) is 5.10. The minimum Gasteiger partial charge on any atom is -0.392 e. The standard InChI is InChI=1S/C11H20N2OS/c1-7(14)6-12-11(15)13-10-5-8-2-3-9(10)4-8/h7-10,14H,2-6H2,1H3,(H2,12,13,15)/t7-,8+,9-,10+/m1/s1. The van der Waals surface area contributed by atoms with Gasteiger partial charge >= 0.3 is 0 Å². The van der Waals surface area contributed by atoms with Gasteiger partial charge in [-0.1, -0.05) is 6.42 Å². The van der Waals surface area contributed by atoms with E-state index in [2.05, 4.69) is 10.6 Å². The lowest BCUT2D eigenvalue weighted by atomic mass is 9.96. The van der Waals surface area contributed by atoms with Crippen LogP contribution in [0.1, 0.15) is 32.6 Å². The second-order valence-electron chi connectivity index (χ2n) is 4.98. The summed E-state index contributed by atoms with van der Waals surface area (Å²) in [6.45, 7) is 2.29. The number of hydrogen-bond donors (Lipinski definition) is 3. The Morgan fingerprint density at radius 1 is 1.47 bits per heavy atom. The van der Waals surface area contributed by atoms with Crippen molar-refractivity contribution >= 4 is 17.3 Å². The number of aliphatic hydroxyl groups excluding tert-OH is 1. The Kier molecular flexibility index (Phi) is 3.46. The van der Waals surface area contributed by atoms with E-state index in [1.54, 1.807) is 6.92 Å². The number of thiocarbonyl (C=S) groups is 1. The first kappa shape index (κ1) is 11.1. The lowest BCUT2D eigenvalue weighted by Gasteiger charge is -2.24. The molecule has 0 amide bonds. The maximum atomic E-state index is 9.12. The Morgan fingerprint density at radius 3 is 2.80 bits per heavy atom. The van der Waals surface area contributed by atoms with Crippen LogP contribution in [0, 0.1) is 11.8 Å². The van der Waals surface area contributed by atoms with E-state index in [1.165, 1.54) is 25.7 Å². The largest absolute Gasteiger partial charge is 0.392 e. The summed E-state index contributed by atoms with van der Waals surface area (Å²) in [5.41, 5.74) is 0. The fourth-order valence-corrected chi connectivity index (χ4v) is 3.12. The smallest absolute Gasteiger partial charge is 0.166 e. The Morgan fingerprint density at radius 2 is 2.27 bits per heavy atom. The first-order valence-electron chi connectivity index (χ1n) is 5.87. The van der Waals surface area contributed by atoms with Crippen molar-refractivity contribution < 1.29 is 5.11 Å². The maximum absolute atomic E-state index is 9.12. The summed E-state index contributed by atoms with van der Waals surface area (Å²) in [4.78, 5) is 0. The molecule has 2 fully saturated rings. The van der Waals surface area contributed by atoms with Crippen LogP contribution >= 0.6 is 12.2 Å². The molecular formula is C11H20N2OS. The number of fused-ring (bicyclic) bond motifs is 2. The van der Waals surface area contributed by atoms with E-state index in [9.17, 15) is 0 Å². The minimum absolute atomic E-state index is 0.343. The number of nitrogens with one attached hydrogen (secondary N) is 2. The van der Waals surface area contributed by atoms with Crippen molar-refractivity contribution in [2.75, 3.05) is 6.54 Å². The monoisotopic (exact) mass is 228 g/mol. The van der Waals surface area contributed by atoms with Crippen LogP contribution < -0.4 is 10.6 Å². The molecule has 0 aliphatic heterocycles. The predicted octanol–water partition coefficient (Wildman–Crippen LogP) is 1.02. The van der Waals surface area contributed by atoms with Crippen molar-refractivity contribution in [3.63, 3.8) is 0 Å². The second kappa shape index (κ2) is 4.66. The van der Waals surface area contributed by atoms with Gasteiger partial charge in [0.25, 0.3) is 0 Å². The van der Waals surface area contributed by atoms with Gasteiger partial charge in [-0.2, -0.15) is 0 Å². The van der Waals surface area contributed by atoms with Crippen LogP contribution in [0.3, 0.4) is 0 Å². The molecule has 15 heavy (non-hydrogen) atoms. The lowest BCUT2D eigenvalue weighted by molar-refractivity contribution is 0.197. The van der Waals surface area contributed by atoms with E-state index < -0.39 is 0 Å². The van der Waals surface area contributed by atoms with Crippen LogP contribution in [-0.4, -0.2) is 28.9 Å². The molecule has 0 radical (unpaired) electrons. The van der Waals surface area contributed by atoms with Crippen LogP contribution in [-0.2, 0) is 0 Å². The molecule has 86 valence electrons. The van der Waals surface area contributed by atoms with Crippen LogP contribution in [0.2, 0.25) is 0 Å². The third-order valence-electron chi connectivity index (χ3n) is 3.61. The van der Waals surface area contributed by atoms with Gasteiger partial charge in [0.05, 0.1) is 6.10 Å². The SMILES string of the molecule is C[C@@H](O)CNC(=S)N[C@H]1C[C@H]2CC[C@@H]1C2. The Hall–Kier alpha value is -0.350. The highest BCUT2D eigenvalue weighted by atomic mass is 32.1. The summed E-state index contributed by atoms with van der Waals surface area (Å²) < 4.78 is 0. The molecule has 0 aromatic carbocycles. The molecule has 3 nitrogen and oxygen atoms in total. The van der Waals surface area contributed by atoms with Crippen molar-refractivity contribution in [1.82, 2.24) is 10.6 Å². The van der Waals surface area contributed by atoms with Gasteiger partial charge in [-0.15, -0.1) is 0 Å². The molecule has 0 saturated heterocycles. The molecule has 0 spiro atoms. The molecule has 3 N–H and O–H groups in total. The van der Waals surface area contributed by atoms with Gasteiger partial charge in [-0.3, -0.25) is 0 Å². The number of rotatable bonds is 3. The minimum atomic E-state index is -0.343. The number of aliphatic hydroxyl groups is 1. The highest BCUT2D eigenvalue weighted by Crippen LogP contribution is 2.44. The molecule has 2 saturated carbocycles. The first-order chi connectivity index (χ1) is 7.15. The van der Waals surface area contributed by atoms with Crippen molar-refractivity contribution in [2.45, 2.75) is 44.8 Å². The molecule has 0 aromatic heterocycles. The molecule has 0 unspecified atom stereocenters. The van der Waals surface area contributed by atoms with Crippen LogP contribution in [0.15, 0.2) is 0 Å². The second-order valence-corrected chi connectivity index (χ2v) is 5.39. The normalized spacial score (nSPS) is 35.2. The molecule has 0 heterocycles. The van der Waals surface area contributed by atoms with Gasteiger partial charge < -0.3 is 15.7 Å². The summed E-state index contributed by atoms with van der Waals surface area (Å²) in [7, 11) is 0. The van der Waals surface area contributed by atoms with Crippen molar-refractivity contribution in [3.8, 4) is 0 Å². The maximum Gasteiger partial charge on any atom is 0.166 e. The van der Waals surface area contributed by atoms with Crippen molar-refractivity contribution in [1.29, 1.82) is 0 Å². The van der Waals surface area contributed by atoms with Crippen LogP contribution in [0.25, 0.3) is 0 Å². The highest BCUT2D eigenvalue weighted by Gasteiger charge is 2.39. The summed E-state index contributed by atoms with van der Waals surface area (Å²) in [5.74, 6) is 1.77. The summed E-state index contributed by atoms with van der Waals surface area (Å²) >= 11 is 5.19. The van der Waals surface area contributed by atoms with E-state index >= 15 is 0 Å². The van der Waals surface area contributed by atoms with Gasteiger partial charge in [-0.25, -0.2) is 0 Å². The van der Waals surface area contributed by atoms with Gasteiger partial charge in [0, 0.05) is 12.6 Å². The van der Waals surface area contributed by atoms with Crippen LogP contribution in [0.5, 0.6) is 0 Å². The molecule has 2 aliphatic rings.